The van der Waals surface area contributed by atoms with E-state index >= 15 is 0 Å². The summed E-state index contributed by atoms with van der Waals surface area (Å²) in [6.07, 6.45) is 5.11. The molecule has 3 fully saturated rings. The van der Waals surface area contributed by atoms with E-state index in [4.69, 9.17) is 0 Å². The van der Waals surface area contributed by atoms with Gasteiger partial charge in [0.2, 0.25) is 21.8 Å². The van der Waals surface area contributed by atoms with Gasteiger partial charge in [-0.05, 0) is 92.9 Å². The molecule has 0 aliphatic carbocycles. The highest BCUT2D eigenvalue weighted by molar-refractivity contribution is 7.89. The standard InChI is InChI=1S/C29H45N3O4S/c1-19(2)26-12-9-20(3)13-29(34)32-17-23-15-24(27(32)7-6-8-28(33)30-26)18-31(16-23)37(35,36)25-11-10-21(4)22(5)14-25/h10-11,14,19-20,23-24,26-27H,6-9,12-13,15-18H2,1-5H3,(H,30,33)/t20-,23+,24+,26+,27+/m1/s1. The van der Waals surface area contributed by atoms with Crippen molar-refractivity contribution in [3.63, 3.8) is 0 Å². The molecule has 1 aromatic carbocycles. The smallest absolute Gasteiger partial charge is 0.243 e. The number of benzene rings is 1. The van der Waals surface area contributed by atoms with Crippen molar-refractivity contribution in [1.29, 1.82) is 0 Å². The number of carbonyl (C=O) groups is 2. The summed E-state index contributed by atoms with van der Waals surface area (Å²) in [4.78, 5) is 28.7. The molecule has 37 heavy (non-hydrogen) atoms. The van der Waals surface area contributed by atoms with Crippen LogP contribution in [0.25, 0.3) is 0 Å². The first kappa shape index (κ1) is 28.1. The number of amides is 2. The van der Waals surface area contributed by atoms with Gasteiger partial charge < -0.3 is 10.2 Å². The van der Waals surface area contributed by atoms with E-state index in [1.54, 1.807) is 16.4 Å². The van der Waals surface area contributed by atoms with E-state index in [9.17, 15) is 18.0 Å². The third-order valence-electron chi connectivity index (χ3n) is 8.92. The molecule has 3 heterocycles. The Labute approximate surface area is 223 Å². The SMILES string of the molecule is Cc1ccc(S(=O)(=O)N2C[C@@H]3C[C@@H](C2)[C@@H]2CCCC(=O)N[C@H](C(C)C)CC[C@@H](C)CC(=O)N2C3)cc1C. The molecule has 0 saturated carbocycles. The minimum atomic E-state index is -3.61. The van der Waals surface area contributed by atoms with Crippen LogP contribution in [0.1, 0.15) is 76.8 Å². The van der Waals surface area contributed by atoms with E-state index < -0.39 is 10.0 Å². The second-order valence-corrected chi connectivity index (χ2v) is 14.2. The largest absolute Gasteiger partial charge is 0.353 e. The van der Waals surface area contributed by atoms with E-state index in [2.05, 4.69) is 31.0 Å². The molecule has 4 rings (SSSR count). The van der Waals surface area contributed by atoms with Gasteiger partial charge >= 0.3 is 0 Å². The molecule has 0 aromatic heterocycles. The fourth-order valence-electron chi connectivity index (χ4n) is 6.48. The quantitative estimate of drug-likeness (QED) is 0.631. The maximum absolute atomic E-state index is 13.6. The van der Waals surface area contributed by atoms with E-state index in [-0.39, 0.29) is 41.7 Å². The molecule has 2 bridgehead atoms. The molecule has 1 aromatic rings. The number of hydrogen-bond donors (Lipinski definition) is 1. The Morgan fingerprint density at radius 2 is 1.76 bits per heavy atom. The van der Waals surface area contributed by atoms with Gasteiger partial charge in [0.05, 0.1) is 4.90 Å². The van der Waals surface area contributed by atoms with Crippen molar-refractivity contribution in [3.8, 4) is 0 Å². The van der Waals surface area contributed by atoms with E-state index in [0.29, 0.717) is 49.7 Å². The summed E-state index contributed by atoms with van der Waals surface area (Å²) in [5.74, 6) is 1.10. The van der Waals surface area contributed by atoms with Crippen LogP contribution in [0.2, 0.25) is 0 Å². The Bertz CT molecular complexity index is 1100. The maximum Gasteiger partial charge on any atom is 0.243 e. The lowest BCUT2D eigenvalue weighted by Gasteiger charge is -2.50. The van der Waals surface area contributed by atoms with Crippen LogP contribution in [0, 0.1) is 37.5 Å². The summed E-state index contributed by atoms with van der Waals surface area (Å²) in [7, 11) is -3.61. The van der Waals surface area contributed by atoms with Crippen LogP contribution in [0.3, 0.4) is 0 Å². The van der Waals surface area contributed by atoms with Crippen LogP contribution < -0.4 is 5.32 Å². The number of hydrogen-bond acceptors (Lipinski definition) is 4. The van der Waals surface area contributed by atoms with Gasteiger partial charge in [0.1, 0.15) is 0 Å². The molecule has 1 N–H and O–H groups in total. The Kier molecular flexibility index (Phi) is 8.68. The first-order valence-corrected chi connectivity index (χ1v) is 15.6. The molecule has 2 amide bonds. The second kappa shape index (κ2) is 11.4. The molecule has 3 saturated heterocycles. The van der Waals surface area contributed by atoms with Gasteiger partial charge in [-0.15, -0.1) is 0 Å². The summed E-state index contributed by atoms with van der Waals surface area (Å²) in [6, 6.07) is 5.47. The number of carbonyl (C=O) groups excluding carboxylic acids is 2. The number of nitrogens with zero attached hydrogens (tertiary/aromatic N) is 2. The minimum Gasteiger partial charge on any atom is -0.353 e. The molecule has 3 aliphatic rings. The average Bonchev–Trinajstić information content (AvgIpc) is 2.84. The molecule has 0 spiro atoms. The van der Waals surface area contributed by atoms with Crippen LogP contribution >= 0.6 is 0 Å². The lowest BCUT2D eigenvalue weighted by Crippen LogP contribution is -2.60. The van der Waals surface area contributed by atoms with Crippen molar-refractivity contribution < 1.29 is 18.0 Å². The van der Waals surface area contributed by atoms with Gasteiger partial charge in [0.25, 0.3) is 0 Å². The van der Waals surface area contributed by atoms with E-state index in [1.807, 2.05) is 19.9 Å². The molecule has 8 heteroatoms. The van der Waals surface area contributed by atoms with E-state index in [1.165, 1.54) is 0 Å². The van der Waals surface area contributed by atoms with Gasteiger partial charge in [0, 0.05) is 44.6 Å². The normalized spacial score (nSPS) is 30.6. The van der Waals surface area contributed by atoms with Crippen LogP contribution in [0.4, 0.5) is 0 Å². The van der Waals surface area contributed by atoms with Gasteiger partial charge in [-0.3, -0.25) is 9.59 Å². The summed E-state index contributed by atoms with van der Waals surface area (Å²) in [5, 5.41) is 3.23. The highest BCUT2D eigenvalue weighted by atomic mass is 32.2. The lowest BCUT2D eigenvalue weighted by atomic mass is 9.78. The van der Waals surface area contributed by atoms with Gasteiger partial charge in [-0.25, -0.2) is 8.42 Å². The molecule has 5 atom stereocenters. The molecule has 0 radical (unpaired) electrons. The number of fused-ring (bicyclic) bond motifs is 4. The predicted octanol–water partition coefficient (Wildman–Crippen LogP) is 4.27. The first-order valence-electron chi connectivity index (χ1n) is 14.1. The van der Waals surface area contributed by atoms with Crippen molar-refractivity contribution in [3.05, 3.63) is 29.3 Å². The lowest BCUT2D eigenvalue weighted by molar-refractivity contribution is -0.141. The summed E-state index contributed by atoms with van der Waals surface area (Å²) in [5.41, 5.74) is 2.04. The summed E-state index contributed by atoms with van der Waals surface area (Å²) < 4.78 is 28.9. The van der Waals surface area contributed by atoms with Crippen LogP contribution in [-0.2, 0) is 19.6 Å². The van der Waals surface area contributed by atoms with Crippen molar-refractivity contribution >= 4 is 21.8 Å². The zero-order valence-electron chi connectivity index (χ0n) is 23.2. The number of rotatable bonds is 3. The summed E-state index contributed by atoms with van der Waals surface area (Å²) in [6.45, 7) is 11.8. The Morgan fingerprint density at radius 1 is 1.00 bits per heavy atom. The van der Waals surface area contributed by atoms with E-state index in [0.717, 1.165) is 36.8 Å². The zero-order valence-corrected chi connectivity index (χ0v) is 24.0. The predicted molar refractivity (Wildman–Crippen MR) is 145 cm³/mol. The zero-order chi connectivity index (χ0) is 26.9. The first-order chi connectivity index (χ1) is 17.5. The van der Waals surface area contributed by atoms with Gasteiger partial charge in [-0.1, -0.05) is 26.8 Å². The average molecular weight is 532 g/mol. The van der Waals surface area contributed by atoms with Crippen molar-refractivity contribution in [1.82, 2.24) is 14.5 Å². The number of sulfonamides is 1. The Balaban J connectivity index is 1.55. The van der Waals surface area contributed by atoms with Crippen LogP contribution in [-0.4, -0.2) is 61.2 Å². The molecule has 7 nitrogen and oxygen atoms in total. The Morgan fingerprint density at radius 3 is 2.46 bits per heavy atom. The molecule has 206 valence electrons. The molecular formula is C29H45N3O4S. The number of piperidine rings is 2. The number of aryl methyl sites for hydroxylation is 2. The molecule has 3 aliphatic heterocycles. The highest BCUT2D eigenvalue weighted by Gasteiger charge is 2.45. The van der Waals surface area contributed by atoms with Gasteiger partial charge in [-0.2, -0.15) is 4.31 Å². The Hall–Kier alpha value is -1.93. The summed E-state index contributed by atoms with van der Waals surface area (Å²) >= 11 is 0. The van der Waals surface area contributed by atoms with Crippen LogP contribution in [0.15, 0.2) is 23.1 Å². The number of nitrogens with one attached hydrogen (secondary N) is 1. The van der Waals surface area contributed by atoms with Crippen LogP contribution in [0.5, 0.6) is 0 Å². The van der Waals surface area contributed by atoms with Crippen molar-refractivity contribution in [2.24, 2.45) is 23.7 Å². The van der Waals surface area contributed by atoms with Crippen molar-refractivity contribution in [2.45, 2.75) is 96.5 Å². The third kappa shape index (κ3) is 6.39. The molecule has 0 unspecified atom stereocenters. The molecular weight excluding hydrogens is 486 g/mol. The minimum absolute atomic E-state index is 0.0249. The third-order valence-corrected chi connectivity index (χ3v) is 10.7. The maximum atomic E-state index is 13.6. The fourth-order valence-corrected chi connectivity index (χ4v) is 8.14. The topological polar surface area (TPSA) is 86.8 Å². The van der Waals surface area contributed by atoms with Crippen molar-refractivity contribution in [2.75, 3.05) is 19.6 Å². The van der Waals surface area contributed by atoms with Gasteiger partial charge in [0.15, 0.2) is 0 Å². The second-order valence-electron chi connectivity index (χ2n) is 12.2. The highest BCUT2D eigenvalue weighted by Crippen LogP contribution is 2.38. The monoisotopic (exact) mass is 531 g/mol. The fraction of sp³-hybridized carbons (Fsp3) is 0.724.